The number of rotatable bonds is 6. The van der Waals surface area contributed by atoms with E-state index >= 15 is 0 Å². The molecule has 0 N–H and O–H groups in total. The highest BCUT2D eigenvalue weighted by Gasteiger charge is 2.26. The molecule has 2 nitrogen and oxygen atoms in total. The molecule has 2 unspecified atom stereocenters. The first-order valence-electron chi connectivity index (χ1n) is 7.61. The number of halogens is 1. The molecule has 0 spiro atoms. The summed E-state index contributed by atoms with van der Waals surface area (Å²) in [5.41, 5.74) is 3.56. The first-order chi connectivity index (χ1) is 9.58. The number of fused-ring (bicyclic) bond motifs is 1. The normalized spacial score (nSPS) is 17.2. The van der Waals surface area contributed by atoms with Gasteiger partial charge in [-0.25, -0.2) is 0 Å². The van der Waals surface area contributed by atoms with E-state index in [0.29, 0.717) is 17.2 Å². The van der Waals surface area contributed by atoms with Crippen LogP contribution in [0.4, 0.5) is 5.69 Å². The van der Waals surface area contributed by atoms with Crippen molar-refractivity contribution in [2.75, 3.05) is 11.9 Å². The monoisotopic (exact) mass is 337 g/mol. The number of hydrogen-bond acceptors (Lipinski definition) is 1. The zero-order chi connectivity index (χ0) is 14.7. The predicted octanol–water partition coefficient (Wildman–Crippen LogP) is 4.86. The summed E-state index contributed by atoms with van der Waals surface area (Å²) in [5.74, 6) is 0.865. The van der Waals surface area contributed by atoms with Gasteiger partial charge in [0.1, 0.15) is 0 Å². The summed E-state index contributed by atoms with van der Waals surface area (Å²) in [4.78, 5) is 13.9. The van der Waals surface area contributed by atoms with E-state index < -0.39 is 0 Å². The minimum Gasteiger partial charge on any atom is -0.315 e. The molecule has 20 heavy (non-hydrogen) atoms. The highest BCUT2D eigenvalue weighted by Crippen LogP contribution is 2.39. The molecular formula is C17H24BrNO. The number of likely N-dealkylation sites (N-methyl/N-ethyl adjacent to an activating group) is 1. The van der Waals surface area contributed by atoms with Crippen molar-refractivity contribution in [3.8, 4) is 0 Å². The quantitative estimate of drug-likeness (QED) is 0.679. The van der Waals surface area contributed by atoms with Crippen molar-refractivity contribution in [2.45, 2.75) is 50.8 Å². The Morgan fingerprint density at radius 2 is 2.10 bits per heavy atom. The molecule has 0 saturated carbocycles. The second-order valence-electron chi connectivity index (χ2n) is 5.73. The van der Waals surface area contributed by atoms with Crippen LogP contribution in [0.25, 0.3) is 0 Å². The largest absolute Gasteiger partial charge is 0.315 e. The second kappa shape index (κ2) is 6.75. The average molecular weight is 338 g/mol. The standard InChI is InChI=1S/C17H24BrNO/c1-4-6-7-12(5-2)17(18)13-8-9-15-14(10-13)11-16(20)19(15)3/h8-10,12,17H,4-7,11H2,1-3H3. The molecule has 1 heterocycles. The lowest BCUT2D eigenvalue weighted by molar-refractivity contribution is -0.117. The van der Waals surface area contributed by atoms with Crippen molar-refractivity contribution in [2.24, 2.45) is 5.92 Å². The van der Waals surface area contributed by atoms with Gasteiger partial charge >= 0.3 is 0 Å². The van der Waals surface area contributed by atoms with Gasteiger partial charge in [-0.1, -0.05) is 61.2 Å². The molecule has 1 aromatic carbocycles. The molecule has 0 bridgehead atoms. The smallest absolute Gasteiger partial charge is 0.231 e. The van der Waals surface area contributed by atoms with Crippen molar-refractivity contribution in [3.63, 3.8) is 0 Å². The van der Waals surface area contributed by atoms with Crippen LogP contribution in [0, 0.1) is 5.92 Å². The third-order valence-electron chi connectivity index (χ3n) is 4.37. The number of carbonyl (C=O) groups excluding carboxylic acids is 1. The van der Waals surface area contributed by atoms with Crippen molar-refractivity contribution >= 4 is 27.5 Å². The topological polar surface area (TPSA) is 20.3 Å². The van der Waals surface area contributed by atoms with Gasteiger partial charge in [0.25, 0.3) is 0 Å². The van der Waals surface area contributed by atoms with Crippen molar-refractivity contribution in [1.82, 2.24) is 0 Å². The molecule has 1 aromatic rings. The number of alkyl halides is 1. The fraction of sp³-hybridized carbons (Fsp3) is 0.588. The molecule has 1 aliphatic heterocycles. The Balaban J connectivity index is 2.17. The summed E-state index contributed by atoms with van der Waals surface area (Å²) in [6.45, 7) is 4.51. The molecule has 0 aliphatic carbocycles. The summed E-state index contributed by atoms with van der Waals surface area (Å²) >= 11 is 3.88. The molecule has 0 saturated heterocycles. The minimum atomic E-state index is 0.196. The fourth-order valence-electron chi connectivity index (χ4n) is 2.96. The van der Waals surface area contributed by atoms with Crippen LogP contribution in [0.3, 0.4) is 0 Å². The highest BCUT2D eigenvalue weighted by molar-refractivity contribution is 9.09. The van der Waals surface area contributed by atoms with E-state index in [4.69, 9.17) is 0 Å². The molecule has 1 amide bonds. The van der Waals surface area contributed by atoms with Gasteiger partial charge in [-0.15, -0.1) is 0 Å². The summed E-state index contributed by atoms with van der Waals surface area (Å²) in [7, 11) is 1.86. The molecule has 1 aliphatic rings. The SMILES string of the molecule is CCCCC(CC)C(Br)c1ccc2c(c1)CC(=O)N2C. The van der Waals surface area contributed by atoms with Crippen molar-refractivity contribution in [3.05, 3.63) is 29.3 Å². The number of nitrogens with zero attached hydrogens (tertiary/aromatic N) is 1. The van der Waals surface area contributed by atoms with Crippen LogP contribution in [-0.2, 0) is 11.2 Å². The van der Waals surface area contributed by atoms with E-state index in [2.05, 4.69) is 48.0 Å². The van der Waals surface area contributed by atoms with Gasteiger partial charge < -0.3 is 4.90 Å². The number of benzene rings is 1. The molecule has 110 valence electrons. The zero-order valence-electron chi connectivity index (χ0n) is 12.7. The third-order valence-corrected chi connectivity index (χ3v) is 5.64. The van der Waals surface area contributed by atoms with Crippen LogP contribution in [0.5, 0.6) is 0 Å². The molecule has 0 aromatic heterocycles. The maximum absolute atomic E-state index is 11.8. The van der Waals surface area contributed by atoms with Gasteiger partial charge in [0, 0.05) is 17.6 Å². The molecule has 2 rings (SSSR count). The van der Waals surface area contributed by atoms with E-state index in [1.165, 1.54) is 36.8 Å². The molecule has 0 fully saturated rings. The Hall–Kier alpha value is -0.830. The minimum absolute atomic E-state index is 0.196. The molecule has 0 radical (unpaired) electrons. The Morgan fingerprint density at radius 1 is 1.35 bits per heavy atom. The number of hydrogen-bond donors (Lipinski definition) is 0. The fourth-order valence-corrected chi connectivity index (χ4v) is 3.88. The summed E-state index contributed by atoms with van der Waals surface area (Å²) in [5, 5.41) is 0. The Kier molecular flexibility index (Phi) is 5.25. The highest BCUT2D eigenvalue weighted by atomic mass is 79.9. The van der Waals surface area contributed by atoms with Crippen molar-refractivity contribution < 1.29 is 4.79 Å². The van der Waals surface area contributed by atoms with Gasteiger partial charge in [-0.05, 0) is 29.5 Å². The Morgan fingerprint density at radius 3 is 2.75 bits per heavy atom. The second-order valence-corrected chi connectivity index (χ2v) is 6.72. The summed E-state index contributed by atoms with van der Waals surface area (Å²) < 4.78 is 0. The summed E-state index contributed by atoms with van der Waals surface area (Å²) in [6.07, 6.45) is 5.53. The maximum Gasteiger partial charge on any atom is 0.231 e. The number of amides is 1. The number of unbranched alkanes of at least 4 members (excludes halogenated alkanes) is 1. The Labute approximate surface area is 130 Å². The molecular weight excluding hydrogens is 314 g/mol. The lowest BCUT2D eigenvalue weighted by Gasteiger charge is -2.22. The lowest BCUT2D eigenvalue weighted by Crippen LogP contribution is -2.20. The number of anilines is 1. The lowest BCUT2D eigenvalue weighted by atomic mass is 9.91. The van der Waals surface area contributed by atoms with E-state index in [1.54, 1.807) is 4.90 Å². The van der Waals surface area contributed by atoms with Gasteiger partial charge in [0.2, 0.25) is 5.91 Å². The zero-order valence-corrected chi connectivity index (χ0v) is 14.2. The number of carbonyl (C=O) groups is 1. The first-order valence-corrected chi connectivity index (χ1v) is 8.53. The Bertz CT molecular complexity index is 486. The van der Waals surface area contributed by atoms with Crippen LogP contribution in [0.2, 0.25) is 0 Å². The van der Waals surface area contributed by atoms with E-state index in [0.717, 1.165) is 5.69 Å². The van der Waals surface area contributed by atoms with E-state index in [9.17, 15) is 4.79 Å². The maximum atomic E-state index is 11.8. The van der Waals surface area contributed by atoms with Crippen LogP contribution >= 0.6 is 15.9 Å². The van der Waals surface area contributed by atoms with Crippen LogP contribution in [0.1, 0.15) is 55.5 Å². The predicted molar refractivity (Wildman–Crippen MR) is 88.5 cm³/mol. The van der Waals surface area contributed by atoms with Gasteiger partial charge in [-0.2, -0.15) is 0 Å². The van der Waals surface area contributed by atoms with Gasteiger partial charge in [0.15, 0.2) is 0 Å². The van der Waals surface area contributed by atoms with Crippen LogP contribution in [-0.4, -0.2) is 13.0 Å². The first kappa shape index (κ1) is 15.6. The van der Waals surface area contributed by atoms with Crippen LogP contribution in [0.15, 0.2) is 18.2 Å². The molecule has 2 atom stereocenters. The van der Waals surface area contributed by atoms with Gasteiger partial charge in [0.05, 0.1) is 6.42 Å². The van der Waals surface area contributed by atoms with Crippen LogP contribution < -0.4 is 4.90 Å². The summed E-state index contributed by atoms with van der Waals surface area (Å²) in [6, 6.07) is 6.48. The van der Waals surface area contributed by atoms with Crippen molar-refractivity contribution in [1.29, 1.82) is 0 Å². The third kappa shape index (κ3) is 3.08. The van der Waals surface area contributed by atoms with E-state index in [-0.39, 0.29) is 5.91 Å². The van der Waals surface area contributed by atoms with E-state index in [1.807, 2.05) is 7.05 Å². The molecule has 3 heteroatoms. The van der Waals surface area contributed by atoms with Gasteiger partial charge in [-0.3, -0.25) is 4.79 Å². The average Bonchev–Trinajstić information content (AvgIpc) is 2.74.